The summed E-state index contributed by atoms with van der Waals surface area (Å²) in [7, 11) is 1.42. The van der Waals surface area contributed by atoms with Crippen LogP contribution in [0.2, 0.25) is 0 Å². The number of thioether (sulfide) groups is 1. The van der Waals surface area contributed by atoms with E-state index in [4.69, 9.17) is 10.6 Å². The van der Waals surface area contributed by atoms with Gasteiger partial charge in [-0.3, -0.25) is 15.0 Å². The summed E-state index contributed by atoms with van der Waals surface area (Å²) in [6.07, 6.45) is 2.62. The third-order valence-electron chi connectivity index (χ3n) is 3.62. The van der Waals surface area contributed by atoms with Gasteiger partial charge in [0.2, 0.25) is 5.91 Å². The van der Waals surface area contributed by atoms with E-state index in [0.29, 0.717) is 6.42 Å². The van der Waals surface area contributed by atoms with Gasteiger partial charge in [0, 0.05) is 11.2 Å². The highest BCUT2D eigenvalue weighted by molar-refractivity contribution is 7.99. The van der Waals surface area contributed by atoms with Crippen LogP contribution in [0.3, 0.4) is 0 Å². The Morgan fingerprint density at radius 3 is 2.50 bits per heavy atom. The minimum Gasteiger partial charge on any atom is -0.469 e. The standard InChI is InChI=1S/C12H22N2O3S/c1-8(11(16)14-13)9(2)18-7-12(4-5-12)6-10(15)17-3/h8-9H,4-7,13H2,1-3H3,(H,14,16). The molecule has 0 spiro atoms. The molecule has 0 aromatic rings. The Kier molecular flexibility index (Phi) is 5.47. The topological polar surface area (TPSA) is 81.4 Å². The van der Waals surface area contributed by atoms with Crippen molar-refractivity contribution < 1.29 is 14.3 Å². The summed E-state index contributed by atoms with van der Waals surface area (Å²) in [5.74, 6) is 5.59. The highest BCUT2D eigenvalue weighted by Crippen LogP contribution is 2.52. The first-order valence-electron chi connectivity index (χ1n) is 6.13. The van der Waals surface area contributed by atoms with Gasteiger partial charge in [0.05, 0.1) is 13.5 Å². The Balaban J connectivity index is 2.36. The molecule has 0 aromatic carbocycles. The molecule has 0 saturated heterocycles. The summed E-state index contributed by atoms with van der Waals surface area (Å²) in [6, 6.07) is 0. The molecule has 1 amide bonds. The summed E-state index contributed by atoms with van der Waals surface area (Å²) >= 11 is 1.73. The van der Waals surface area contributed by atoms with Gasteiger partial charge in [-0.25, -0.2) is 5.84 Å². The van der Waals surface area contributed by atoms with Crippen LogP contribution in [0.25, 0.3) is 0 Å². The Labute approximate surface area is 112 Å². The normalized spacial score (nSPS) is 19.8. The van der Waals surface area contributed by atoms with E-state index < -0.39 is 0 Å². The summed E-state index contributed by atoms with van der Waals surface area (Å²) in [6.45, 7) is 3.87. The van der Waals surface area contributed by atoms with Crippen LogP contribution in [0.1, 0.15) is 33.1 Å². The molecule has 1 aliphatic carbocycles. The van der Waals surface area contributed by atoms with E-state index in [1.54, 1.807) is 11.8 Å². The van der Waals surface area contributed by atoms with Crippen LogP contribution in [0, 0.1) is 11.3 Å². The van der Waals surface area contributed by atoms with Crippen molar-refractivity contribution in [2.24, 2.45) is 17.2 Å². The zero-order chi connectivity index (χ0) is 13.8. The summed E-state index contributed by atoms with van der Waals surface area (Å²) in [5.41, 5.74) is 2.28. The molecule has 104 valence electrons. The zero-order valence-corrected chi connectivity index (χ0v) is 12.0. The molecule has 1 fully saturated rings. The molecular formula is C12H22N2O3S. The number of esters is 1. The van der Waals surface area contributed by atoms with Crippen molar-refractivity contribution in [2.75, 3.05) is 12.9 Å². The molecule has 6 heteroatoms. The quantitative estimate of drug-likeness (QED) is 0.314. The molecular weight excluding hydrogens is 252 g/mol. The van der Waals surface area contributed by atoms with Crippen molar-refractivity contribution in [1.82, 2.24) is 5.43 Å². The smallest absolute Gasteiger partial charge is 0.306 e. The molecule has 1 aliphatic rings. The number of methoxy groups -OCH3 is 1. The number of hydrogen-bond donors (Lipinski definition) is 2. The number of rotatable bonds is 7. The zero-order valence-electron chi connectivity index (χ0n) is 11.2. The van der Waals surface area contributed by atoms with E-state index >= 15 is 0 Å². The van der Waals surface area contributed by atoms with Crippen LogP contribution >= 0.6 is 11.8 Å². The number of ether oxygens (including phenoxy) is 1. The number of hydrazine groups is 1. The molecule has 0 bridgehead atoms. The van der Waals surface area contributed by atoms with Gasteiger partial charge < -0.3 is 4.74 Å². The van der Waals surface area contributed by atoms with Crippen molar-refractivity contribution in [2.45, 2.75) is 38.4 Å². The summed E-state index contributed by atoms with van der Waals surface area (Å²) in [5, 5.41) is 0.184. The Morgan fingerprint density at radius 1 is 1.44 bits per heavy atom. The van der Waals surface area contributed by atoms with Crippen LogP contribution in [0.4, 0.5) is 0 Å². The Morgan fingerprint density at radius 2 is 2.06 bits per heavy atom. The van der Waals surface area contributed by atoms with E-state index in [1.807, 2.05) is 13.8 Å². The van der Waals surface area contributed by atoms with Crippen molar-refractivity contribution in [3.05, 3.63) is 0 Å². The second-order valence-electron chi connectivity index (χ2n) is 5.07. The third-order valence-corrected chi connectivity index (χ3v) is 5.33. The number of nitrogens with one attached hydrogen (secondary N) is 1. The Bertz CT molecular complexity index is 318. The lowest BCUT2D eigenvalue weighted by atomic mass is 10.1. The first-order valence-corrected chi connectivity index (χ1v) is 7.18. The molecule has 2 unspecified atom stereocenters. The predicted octanol–water partition coefficient (Wildman–Crippen LogP) is 1.08. The average molecular weight is 274 g/mol. The fourth-order valence-corrected chi connectivity index (χ4v) is 3.14. The van der Waals surface area contributed by atoms with Crippen LogP contribution in [-0.2, 0) is 14.3 Å². The van der Waals surface area contributed by atoms with Crippen LogP contribution in [-0.4, -0.2) is 30.0 Å². The van der Waals surface area contributed by atoms with Gasteiger partial charge in [-0.05, 0) is 24.0 Å². The molecule has 5 nitrogen and oxygen atoms in total. The highest BCUT2D eigenvalue weighted by atomic mass is 32.2. The second kappa shape index (κ2) is 6.43. The average Bonchev–Trinajstić information content (AvgIpc) is 3.14. The fraction of sp³-hybridized carbons (Fsp3) is 0.833. The van der Waals surface area contributed by atoms with Gasteiger partial charge >= 0.3 is 5.97 Å². The van der Waals surface area contributed by atoms with Crippen molar-refractivity contribution >= 4 is 23.6 Å². The maximum atomic E-state index is 11.4. The number of nitrogens with two attached hydrogens (primary N) is 1. The van der Waals surface area contributed by atoms with Gasteiger partial charge in [-0.1, -0.05) is 13.8 Å². The maximum absolute atomic E-state index is 11.4. The van der Waals surface area contributed by atoms with E-state index in [9.17, 15) is 9.59 Å². The largest absolute Gasteiger partial charge is 0.469 e. The van der Waals surface area contributed by atoms with Gasteiger partial charge in [-0.2, -0.15) is 11.8 Å². The first-order chi connectivity index (χ1) is 8.44. The third kappa shape index (κ3) is 4.17. The SMILES string of the molecule is COC(=O)CC1(CSC(C)C(C)C(=O)NN)CC1. The van der Waals surface area contributed by atoms with Crippen LogP contribution in [0.5, 0.6) is 0 Å². The van der Waals surface area contributed by atoms with E-state index in [0.717, 1.165) is 18.6 Å². The Hall–Kier alpha value is -0.750. The number of hydrogen-bond acceptors (Lipinski definition) is 5. The molecule has 0 radical (unpaired) electrons. The monoisotopic (exact) mass is 274 g/mol. The number of carbonyl (C=O) groups is 2. The predicted molar refractivity (Wildman–Crippen MR) is 71.7 cm³/mol. The molecule has 18 heavy (non-hydrogen) atoms. The number of amides is 1. The highest BCUT2D eigenvalue weighted by Gasteiger charge is 2.45. The van der Waals surface area contributed by atoms with Crippen molar-refractivity contribution in [1.29, 1.82) is 0 Å². The maximum Gasteiger partial charge on any atom is 0.306 e. The van der Waals surface area contributed by atoms with Crippen molar-refractivity contribution in [3.63, 3.8) is 0 Å². The van der Waals surface area contributed by atoms with Gasteiger partial charge in [0.15, 0.2) is 0 Å². The minimum absolute atomic E-state index is 0.102. The molecule has 1 rings (SSSR count). The molecule has 0 heterocycles. The van der Waals surface area contributed by atoms with Crippen molar-refractivity contribution in [3.8, 4) is 0 Å². The fourth-order valence-electron chi connectivity index (χ4n) is 1.72. The summed E-state index contributed by atoms with van der Waals surface area (Å²) < 4.78 is 4.71. The van der Waals surface area contributed by atoms with Gasteiger partial charge in [0.25, 0.3) is 0 Å². The summed E-state index contributed by atoms with van der Waals surface area (Å²) in [4.78, 5) is 22.7. The lowest BCUT2D eigenvalue weighted by Crippen LogP contribution is -2.38. The lowest BCUT2D eigenvalue weighted by molar-refractivity contribution is -0.141. The van der Waals surface area contributed by atoms with E-state index in [1.165, 1.54) is 7.11 Å². The second-order valence-corrected chi connectivity index (χ2v) is 6.43. The molecule has 2 atom stereocenters. The number of carbonyl (C=O) groups excluding carboxylic acids is 2. The molecule has 0 aromatic heterocycles. The first kappa shape index (κ1) is 15.3. The molecule has 0 aliphatic heterocycles. The lowest BCUT2D eigenvalue weighted by Gasteiger charge is -2.21. The van der Waals surface area contributed by atoms with Gasteiger partial charge in [-0.15, -0.1) is 0 Å². The van der Waals surface area contributed by atoms with Gasteiger partial charge in [0.1, 0.15) is 0 Å². The van der Waals surface area contributed by atoms with E-state index in [2.05, 4.69) is 5.43 Å². The van der Waals surface area contributed by atoms with Crippen LogP contribution < -0.4 is 11.3 Å². The van der Waals surface area contributed by atoms with Crippen LogP contribution in [0.15, 0.2) is 0 Å². The molecule has 3 N–H and O–H groups in total. The minimum atomic E-state index is -0.146. The van der Waals surface area contributed by atoms with E-state index in [-0.39, 0.29) is 28.5 Å². The molecule has 1 saturated carbocycles.